The van der Waals surface area contributed by atoms with Gasteiger partial charge in [0.05, 0.1) is 10.6 Å². The number of fused-ring (bicyclic) bond motifs is 1. The van der Waals surface area contributed by atoms with Crippen molar-refractivity contribution in [3.05, 3.63) is 104 Å². The molecule has 1 aliphatic heterocycles. The molecule has 1 aliphatic rings. The van der Waals surface area contributed by atoms with Crippen molar-refractivity contribution in [1.29, 1.82) is 0 Å². The number of rotatable bonds is 11. The first kappa shape index (κ1) is 32.7. The third-order valence-electron chi connectivity index (χ3n) is 7.99. The number of nitrogens with zero attached hydrogens (tertiary/aromatic N) is 6. The molecule has 1 saturated heterocycles. The maximum Gasteiger partial charge on any atom is 0.321 e. The summed E-state index contributed by atoms with van der Waals surface area (Å²) in [5.41, 5.74) is 3.38. The highest BCUT2D eigenvalue weighted by atomic mass is 32.2. The van der Waals surface area contributed by atoms with Gasteiger partial charge in [-0.15, -0.1) is 0 Å². The maximum absolute atomic E-state index is 13.2. The molecule has 3 N–H and O–H groups in total. The fraction of sp³-hybridized carbons (Fsp3) is 0.257. The Morgan fingerprint density at radius 3 is 2.65 bits per heavy atom. The SMILES string of the molecule is CN(C)C/C=C/CNc1cccc(NC(=O)N2CCCC(Nc3cc(-c4cnc5c(ccn5S(=O)(=O)c5ccccc5)c4)ncn3)C2)c1. The second-order valence-corrected chi connectivity index (χ2v) is 13.7. The summed E-state index contributed by atoms with van der Waals surface area (Å²) in [5, 5.41) is 10.5. The van der Waals surface area contributed by atoms with E-state index in [0.29, 0.717) is 42.2 Å². The van der Waals surface area contributed by atoms with Crippen LogP contribution in [0.4, 0.5) is 22.0 Å². The quantitative estimate of drug-likeness (QED) is 0.159. The van der Waals surface area contributed by atoms with Crippen LogP contribution in [0, 0.1) is 0 Å². The molecule has 12 nitrogen and oxygen atoms in total. The minimum absolute atomic E-state index is 0.00651. The van der Waals surface area contributed by atoms with Gasteiger partial charge in [-0.1, -0.05) is 36.4 Å². The predicted molar refractivity (Wildman–Crippen MR) is 190 cm³/mol. The summed E-state index contributed by atoms with van der Waals surface area (Å²) < 4.78 is 27.6. The monoisotopic (exact) mass is 665 g/mol. The fourth-order valence-electron chi connectivity index (χ4n) is 5.58. The zero-order chi connectivity index (χ0) is 33.5. The van der Waals surface area contributed by atoms with Crippen LogP contribution in [0.1, 0.15) is 12.8 Å². The van der Waals surface area contributed by atoms with Gasteiger partial charge in [-0.25, -0.2) is 32.1 Å². The Balaban J connectivity index is 1.08. The first-order chi connectivity index (χ1) is 23.3. The van der Waals surface area contributed by atoms with E-state index in [1.807, 2.05) is 55.4 Å². The summed E-state index contributed by atoms with van der Waals surface area (Å²) in [7, 11) is 0.280. The van der Waals surface area contributed by atoms with Crippen LogP contribution in [0.25, 0.3) is 22.3 Å². The van der Waals surface area contributed by atoms with Gasteiger partial charge in [0.15, 0.2) is 5.65 Å². The highest BCUT2D eigenvalue weighted by Crippen LogP contribution is 2.26. The highest BCUT2D eigenvalue weighted by molar-refractivity contribution is 7.90. The van der Waals surface area contributed by atoms with Crippen LogP contribution in [-0.4, -0.2) is 89.5 Å². The molecule has 1 fully saturated rings. The van der Waals surface area contributed by atoms with Gasteiger partial charge in [-0.3, -0.25) is 0 Å². The molecule has 2 amide bonds. The average Bonchev–Trinajstić information content (AvgIpc) is 3.53. The predicted octanol–water partition coefficient (Wildman–Crippen LogP) is 5.37. The molecule has 0 bridgehead atoms. The Kier molecular flexibility index (Phi) is 9.97. The zero-order valence-electron chi connectivity index (χ0n) is 27.0. The number of likely N-dealkylation sites (N-methyl/N-ethyl adjacent to an activating group) is 1. The van der Waals surface area contributed by atoms with Gasteiger partial charge in [-0.05, 0) is 69.4 Å². The van der Waals surface area contributed by atoms with Crippen molar-refractivity contribution < 1.29 is 13.2 Å². The van der Waals surface area contributed by atoms with Crippen LogP contribution < -0.4 is 16.0 Å². The number of benzene rings is 2. The van der Waals surface area contributed by atoms with Crippen LogP contribution in [0.2, 0.25) is 0 Å². The van der Waals surface area contributed by atoms with E-state index in [-0.39, 0.29) is 17.0 Å². The molecule has 1 atom stereocenters. The van der Waals surface area contributed by atoms with Gasteiger partial charge in [0, 0.05) is 73.0 Å². The molecular weight excluding hydrogens is 627 g/mol. The molecule has 248 valence electrons. The number of carbonyl (C=O) groups is 1. The Morgan fingerprint density at radius 1 is 0.979 bits per heavy atom. The lowest BCUT2D eigenvalue weighted by molar-refractivity contribution is 0.196. The summed E-state index contributed by atoms with van der Waals surface area (Å²) >= 11 is 0. The second-order valence-electron chi connectivity index (χ2n) is 11.9. The van der Waals surface area contributed by atoms with E-state index in [9.17, 15) is 13.2 Å². The van der Waals surface area contributed by atoms with Gasteiger partial charge >= 0.3 is 6.03 Å². The van der Waals surface area contributed by atoms with Crippen molar-refractivity contribution in [3.63, 3.8) is 0 Å². The van der Waals surface area contributed by atoms with Crippen LogP contribution in [-0.2, 0) is 10.0 Å². The van der Waals surface area contributed by atoms with E-state index in [4.69, 9.17) is 0 Å². The first-order valence-electron chi connectivity index (χ1n) is 15.8. The minimum Gasteiger partial charge on any atom is -0.382 e. The normalized spacial score (nSPS) is 15.2. The lowest BCUT2D eigenvalue weighted by atomic mass is 10.1. The molecule has 48 heavy (non-hydrogen) atoms. The molecule has 3 aromatic heterocycles. The van der Waals surface area contributed by atoms with Crippen molar-refractivity contribution in [2.75, 3.05) is 56.2 Å². The van der Waals surface area contributed by atoms with Crippen LogP contribution >= 0.6 is 0 Å². The number of amides is 2. The van der Waals surface area contributed by atoms with Crippen molar-refractivity contribution in [3.8, 4) is 11.3 Å². The molecule has 0 radical (unpaired) electrons. The fourth-order valence-corrected chi connectivity index (χ4v) is 6.91. The average molecular weight is 666 g/mol. The van der Waals surface area contributed by atoms with Crippen LogP contribution in [0.3, 0.4) is 0 Å². The molecular formula is C35H39N9O3S. The molecule has 0 saturated carbocycles. The smallest absolute Gasteiger partial charge is 0.321 e. The van der Waals surface area contributed by atoms with E-state index < -0.39 is 10.0 Å². The zero-order valence-corrected chi connectivity index (χ0v) is 27.8. The summed E-state index contributed by atoms with van der Waals surface area (Å²) in [6.07, 6.45) is 10.6. The van der Waals surface area contributed by atoms with Gasteiger partial charge in [0.1, 0.15) is 12.1 Å². The molecule has 5 aromatic rings. The Hall–Kier alpha value is -5.27. The minimum atomic E-state index is -3.78. The number of nitrogens with one attached hydrogen (secondary N) is 3. The number of hydrogen-bond donors (Lipinski definition) is 3. The summed E-state index contributed by atoms with van der Waals surface area (Å²) in [5.74, 6) is 0.634. The first-order valence-corrected chi connectivity index (χ1v) is 17.3. The molecule has 13 heteroatoms. The molecule has 1 unspecified atom stereocenters. The Labute approximate surface area is 280 Å². The molecule has 6 rings (SSSR count). The number of aromatic nitrogens is 4. The maximum atomic E-state index is 13.2. The number of hydrogen-bond acceptors (Lipinski definition) is 9. The topological polar surface area (TPSA) is 137 Å². The lowest BCUT2D eigenvalue weighted by Crippen LogP contribution is -2.46. The summed E-state index contributed by atoms with van der Waals surface area (Å²) in [4.78, 5) is 30.7. The lowest BCUT2D eigenvalue weighted by Gasteiger charge is -2.33. The number of urea groups is 1. The van der Waals surface area contributed by atoms with Crippen molar-refractivity contribution >= 4 is 44.3 Å². The number of likely N-dealkylation sites (tertiary alicyclic amines) is 1. The van der Waals surface area contributed by atoms with Crippen molar-refractivity contribution in [2.24, 2.45) is 0 Å². The van der Waals surface area contributed by atoms with Gasteiger partial charge < -0.3 is 25.8 Å². The number of pyridine rings is 1. The van der Waals surface area contributed by atoms with Crippen LogP contribution in [0.15, 0.2) is 109 Å². The highest BCUT2D eigenvalue weighted by Gasteiger charge is 2.24. The third kappa shape index (κ3) is 7.81. The molecule has 2 aromatic carbocycles. The second kappa shape index (κ2) is 14.7. The van der Waals surface area contributed by atoms with Crippen LogP contribution in [0.5, 0.6) is 0 Å². The Bertz CT molecular complexity index is 2010. The molecule has 0 aliphatic carbocycles. The number of anilines is 3. The van der Waals surface area contributed by atoms with E-state index in [1.165, 1.54) is 16.5 Å². The van der Waals surface area contributed by atoms with E-state index >= 15 is 0 Å². The standard InChI is InChI=1S/C35H39N9O3S/c1-42(2)17-7-6-16-36-28-10-8-11-29(21-28)41-35(45)43-18-9-12-30(24-43)40-33-22-32(38-25-39-33)27-20-26-15-19-44(34(26)37-23-27)48(46,47)31-13-4-3-5-14-31/h3-8,10-11,13-15,19-23,25,30,36H,9,12,16-18,24H2,1-2H3,(H,41,45)(H,38,39,40)/b7-6+. The summed E-state index contributed by atoms with van der Waals surface area (Å²) in [6.45, 7) is 2.78. The Morgan fingerprint density at radius 2 is 1.81 bits per heavy atom. The summed E-state index contributed by atoms with van der Waals surface area (Å²) in [6, 6.07) is 21.3. The van der Waals surface area contributed by atoms with Gasteiger partial charge in [-0.2, -0.15) is 0 Å². The largest absolute Gasteiger partial charge is 0.382 e. The van der Waals surface area contributed by atoms with E-state index in [1.54, 1.807) is 42.6 Å². The van der Waals surface area contributed by atoms with Crippen molar-refractivity contribution in [2.45, 2.75) is 23.8 Å². The van der Waals surface area contributed by atoms with Gasteiger partial charge in [0.25, 0.3) is 10.0 Å². The van der Waals surface area contributed by atoms with E-state index in [0.717, 1.165) is 36.3 Å². The number of carbonyl (C=O) groups excluding carboxylic acids is 1. The van der Waals surface area contributed by atoms with Gasteiger partial charge in [0.2, 0.25) is 0 Å². The van der Waals surface area contributed by atoms with Crippen molar-refractivity contribution in [1.82, 2.24) is 28.7 Å². The third-order valence-corrected chi connectivity index (χ3v) is 9.67. The molecule has 0 spiro atoms. The molecule has 4 heterocycles. The van der Waals surface area contributed by atoms with E-state index in [2.05, 4.69) is 48.0 Å². The number of piperidine rings is 1.